The molecule has 1 aliphatic heterocycles. The number of aromatic nitrogens is 2. The molecule has 1 unspecified atom stereocenters. The van der Waals surface area contributed by atoms with E-state index in [9.17, 15) is 9.59 Å². The minimum Gasteiger partial charge on any atom is -0.444 e. The topological polar surface area (TPSA) is 90.6 Å². The molecule has 2 aliphatic rings. The third-order valence-corrected chi connectivity index (χ3v) is 5.67. The Hall–Kier alpha value is -2.09. The van der Waals surface area contributed by atoms with Crippen molar-refractivity contribution >= 4 is 12.0 Å². The molecule has 1 aliphatic carbocycles. The molecule has 2 atom stereocenters. The summed E-state index contributed by atoms with van der Waals surface area (Å²) in [5, 5.41) is 2.80. The van der Waals surface area contributed by atoms with Crippen LogP contribution in [0.1, 0.15) is 52.1 Å². The number of hydrogen-bond donors (Lipinski definition) is 2. The average Bonchev–Trinajstić information content (AvgIpc) is 3.14. The van der Waals surface area contributed by atoms with Gasteiger partial charge < -0.3 is 24.8 Å². The lowest BCUT2D eigenvalue weighted by molar-refractivity contribution is -0.139. The molecule has 8 heteroatoms. The molecule has 2 amide bonds. The van der Waals surface area contributed by atoms with Gasteiger partial charge in [-0.3, -0.25) is 4.79 Å². The van der Waals surface area contributed by atoms with Gasteiger partial charge in [0.1, 0.15) is 11.6 Å². The molecule has 1 saturated heterocycles. The van der Waals surface area contributed by atoms with E-state index >= 15 is 0 Å². The number of carbonyl (C=O) groups is 2. The fraction of sp³-hybridized carbons (Fsp3) is 0.750. The van der Waals surface area contributed by atoms with Crippen LogP contribution in [0.2, 0.25) is 0 Å². The van der Waals surface area contributed by atoms with Gasteiger partial charge in [0.15, 0.2) is 0 Å². The molecule has 28 heavy (non-hydrogen) atoms. The van der Waals surface area contributed by atoms with E-state index in [1.54, 1.807) is 12.5 Å². The number of amides is 2. The van der Waals surface area contributed by atoms with E-state index in [0.717, 1.165) is 37.9 Å². The quantitative estimate of drug-likeness (QED) is 0.800. The average molecular weight is 392 g/mol. The number of rotatable bonds is 5. The molecule has 1 saturated carbocycles. The molecule has 0 bridgehead atoms. The molecule has 1 spiro atoms. The molecule has 2 N–H and O–H groups in total. The molecule has 2 fully saturated rings. The third-order valence-electron chi connectivity index (χ3n) is 5.67. The monoisotopic (exact) mass is 391 g/mol. The molecular weight excluding hydrogens is 358 g/mol. The largest absolute Gasteiger partial charge is 0.444 e. The lowest BCUT2D eigenvalue weighted by Gasteiger charge is -2.43. The highest BCUT2D eigenvalue weighted by atomic mass is 16.6. The zero-order valence-electron chi connectivity index (χ0n) is 17.6. The summed E-state index contributed by atoms with van der Waals surface area (Å²) in [6.45, 7) is 6.15. The van der Waals surface area contributed by atoms with Crippen molar-refractivity contribution in [2.45, 2.75) is 76.1 Å². The van der Waals surface area contributed by atoms with Crippen LogP contribution in [0.4, 0.5) is 4.79 Å². The van der Waals surface area contributed by atoms with Crippen molar-refractivity contribution in [3.05, 3.63) is 18.2 Å². The molecule has 8 nitrogen and oxygen atoms in total. The first kappa shape index (κ1) is 20.6. The highest BCUT2D eigenvalue weighted by molar-refractivity contribution is 5.87. The Morgan fingerprint density at radius 1 is 1.43 bits per heavy atom. The van der Waals surface area contributed by atoms with Gasteiger partial charge in [0.2, 0.25) is 5.91 Å². The maximum absolute atomic E-state index is 13.5. The second-order valence-corrected chi connectivity index (χ2v) is 9.30. The van der Waals surface area contributed by atoms with Crippen LogP contribution in [-0.2, 0) is 16.0 Å². The fourth-order valence-corrected chi connectivity index (χ4v) is 4.02. The first-order chi connectivity index (χ1) is 13.1. The number of imidazole rings is 1. The van der Waals surface area contributed by atoms with Gasteiger partial charge in [0.05, 0.1) is 6.33 Å². The summed E-state index contributed by atoms with van der Waals surface area (Å²) in [7, 11) is 4.20. The summed E-state index contributed by atoms with van der Waals surface area (Å²) in [5.41, 5.74) is 0.141. The van der Waals surface area contributed by atoms with E-state index in [0.29, 0.717) is 12.5 Å². The minimum absolute atomic E-state index is 0.0323. The number of alkyl carbamates (subject to hydrolysis) is 1. The number of carbonyl (C=O) groups excluding carboxylic acids is 2. The van der Waals surface area contributed by atoms with E-state index < -0.39 is 17.7 Å². The van der Waals surface area contributed by atoms with Crippen molar-refractivity contribution in [2.75, 3.05) is 20.6 Å². The predicted molar refractivity (Wildman–Crippen MR) is 106 cm³/mol. The second kappa shape index (κ2) is 7.73. The molecule has 0 aromatic carbocycles. The van der Waals surface area contributed by atoms with Crippen LogP contribution >= 0.6 is 0 Å². The predicted octanol–water partition coefficient (Wildman–Crippen LogP) is 1.93. The van der Waals surface area contributed by atoms with Crippen molar-refractivity contribution < 1.29 is 14.3 Å². The van der Waals surface area contributed by atoms with Crippen LogP contribution in [-0.4, -0.2) is 75.6 Å². The van der Waals surface area contributed by atoms with E-state index in [1.807, 2.05) is 25.7 Å². The number of nitrogens with one attached hydrogen (secondary N) is 2. The number of nitrogens with zero attached hydrogens (tertiary/aromatic N) is 3. The van der Waals surface area contributed by atoms with Crippen molar-refractivity contribution in [1.29, 1.82) is 0 Å². The summed E-state index contributed by atoms with van der Waals surface area (Å²) in [6.07, 6.45) is 7.06. The Morgan fingerprint density at radius 3 is 2.68 bits per heavy atom. The highest BCUT2D eigenvalue weighted by Gasteiger charge is 2.54. The summed E-state index contributed by atoms with van der Waals surface area (Å²) in [5.74, 6) is -0.0323. The van der Waals surface area contributed by atoms with Crippen LogP contribution in [0.15, 0.2) is 12.5 Å². The standard InChI is InChI=1S/C20H33N5O3/c1-19(2,3)28-18(27)23-16(10-14-12-21-13-22-14)17(26)25-9-6-15(24(4)5)11-20(25)7-8-20/h12-13,15-16H,6-11H2,1-5H3,(H,21,22)(H,23,27)/t15?,16-/m0/s1. The number of piperidine rings is 1. The van der Waals surface area contributed by atoms with Gasteiger partial charge in [-0.05, 0) is 60.5 Å². The number of aromatic amines is 1. The molecule has 0 radical (unpaired) electrons. The normalized spacial score (nSPS) is 22.2. The SMILES string of the molecule is CN(C)C1CCN(C(=O)[C@H](Cc2cnc[nH]2)NC(=O)OC(C)(C)C)C2(CC2)C1. The lowest BCUT2D eigenvalue weighted by Crippen LogP contribution is -2.58. The van der Waals surface area contributed by atoms with Gasteiger partial charge in [-0.1, -0.05) is 0 Å². The second-order valence-electron chi connectivity index (χ2n) is 9.30. The van der Waals surface area contributed by atoms with Crippen molar-refractivity contribution in [1.82, 2.24) is 25.1 Å². The van der Waals surface area contributed by atoms with Crippen LogP contribution < -0.4 is 5.32 Å². The molecule has 2 heterocycles. The van der Waals surface area contributed by atoms with E-state index in [-0.39, 0.29) is 11.4 Å². The molecule has 1 aromatic heterocycles. The molecule has 156 valence electrons. The van der Waals surface area contributed by atoms with Gasteiger partial charge in [0, 0.05) is 36.4 Å². The Morgan fingerprint density at radius 2 is 2.14 bits per heavy atom. The van der Waals surface area contributed by atoms with Crippen molar-refractivity contribution in [3.63, 3.8) is 0 Å². The fourth-order valence-electron chi connectivity index (χ4n) is 4.02. The lowest BCUT2D eigenvalue weighted by atomic mass is 9.93. The van der Waals surface area contributed by atoms with Gasteiger partial charge >= 0.3 is 6.09 Å². The molecule has 1 aromatic rings. The number of hydrogen-bond acceptors (Lipinski definition) is 5. The summed E-state index contributed by atoms with van der Waals surface area (Å²) in [6, 6.07) is -0.180. The van der Waals surface area contributed by atoms with Crippen molar-refractivity contribution in [3.8, 4) is 0 Å². The van der Waals surface area contributed by atoms with E-state index in [1.165, 1.54) is 0 Å². The van der Waals surface area contributed by atoms with Gasteiger partial charge in [0.25, 0.3) is 0 Å². The summed E-state index contributed by atoms with van der Waals surface area (Å²) < 4.78 is 5.39. The van der Waals surface area contributed by atoms with E-state index in [2.05, 4.69) is 34.3 Å². The van der Waals surface area contributed by atoms with Crippen LogP contribution in [0.5, 0.6) is 0 Å². The van der Waals surface area contributed by atoms with Crippen LogP contribution in [0.25, 0.3) is 0 Å². The maximum atomic E-state index is 13.5. The van der Waals surface area contributed by atoms with Gasteiger partial charge in [-0.15, -0.1) is 0 Å². The molecule has 3 rings (SSSR count). The van der Waals surface area contributed by atoms with Crippen LogP contribution in [0, 0.1) is 0 Å². The number of ether oxygens (including phenoxy) is 1. The maximum Gasteiger partial charge on any atom is 0.408 e. The number of H-pyrrole nitrogens is 1. The smallest absolute Gasteiger partial charge is 0.408 e. The highest BCUT2D eigenvalue weighted by Crippen LogP contribution is 2.49. The Bertz CT molecular complexity index is 691. The Labute approximate surface area is 167 Å². The van der Waals surface area contributed by atoms with Gasteiger partial charge in [-0.2, -0.15) is 0 Å². The summed E-state index contributed by atoms with van der Waals surface area (Å²) >= 11 is 0. The van der Waals surface area contributed by atoms with Crippen LogP contribution in [0.3, 0.4) is 0 Å². The molecular formula is C20H33N5O3. The summed E-state index contributed by atoms with van der Waals surface area (Å²) in [4.78, 5) is 37.1. The number of likely N-dealkylation sites (tertiary alicyclic amines) is 1. The Kier molecular flexibility index (Phi) is 5.70. The Balaban J connectivity index is 1.74. The van der Waals surface area contributed by atoms with Gasteiger partial charge in [-0.25, -0.2) is 9.78 Å². The first-order valence-electron chi connectivity index (χ1n) is 10.0. The zero-order chi connectivity index (χ0) is 20.5. The first-order valence-corrected chi connectivity index (χ1v) is 10.0. The minimum atomic E-state index is -0.677. The zero-order valence-corrected chi connectivity index (χ0v) is 17.6. The third kappa shape index (κ3) is 4.84. The van der Waals surface area contributed by atoms with E-state index in [4.69, 9.17) is 4.74 Å². The van der Waals surface area contributed by atoms with Crippen molar-refractivity contribution in [2.24, 2.45) is 0 Å².